The van der Waals surface area contributed by atoms with Crippen molar-refractivity contribution in [3.8, 4) is 0 Å². The van der Waals surface area contributed by atoms with Gasteiger partial charge in [-0.15, -0.1) is 0 Å². The molecule has 2 atom stereocenters. The maximum Gasteiger partial charge on any atom is 0.408 e. The zero-order valence-electron chi connectivity index (χ0n) is 22.1. The van der Waals surface area contributed by atoms with Gasteiger partial charge in [-0.3, -0.25) is 4.79 Å². The lowest BCUT2D eigenvalue weighted by atomic mass is 10.0. The number of carbonyl (C=O) groups excluding carboxylic acids is 3. The van der Waals surface area contributed by atoms with Crippen molar-refractivity contribution in [1.29, 1.82) is 0 Å². The van der Waals surface area contributed by atoms with Gasteiger partial charge in [-0.1, -0.05) is 92.7 Å². The predicted molar refractivity (Wildman–Crippen MR) is 149 cm³/mol. The normalized spacial score (nSPS) is 12.5. The highest BCUT2D eigenvalue weighted by Gasteiger charge is 2.30. The molecule has 8 nitrogen and oxygen atoms in total. The number of para-hydroxylation sites is 1. The molecule has 0 saturated heterocycles. The Hall–Kier alpha value is -4.59. The van der Waals surface area contributed by atoms with Gasteiger partial charge in [-0.25, -0.2) is 9.59 Å². The average molecular weight is 528 g/mol. The summed E-state index contributed by atoms with van der Waals surface area (Å²) < 4.78 is 10.9. The maximum atomic E-state index is 13.5. The van der Waals surface area contributed by atoms with Crippen molar-refractivity contribution >= 4 is 28.9 Å². The Labute approximate surface area is 227 Å². The molecule has 0 aliphatic carbocycles. The van der Waals surface area contributed by atoms with Crippen LogP contribution >= 0.6 is 0 Å². The van der Waals surface area contributed by atoms with Crippen molar-refractivity contribution in [1.82, 2.24) is 15.6 Å². The SMILES string of the molecule is CC(C)[C@H](NC(=O)[C@@H](Cc1c[nH]c2ccccc12)NC(=O)OCc1ccccc1)C(=O)OCc1ccccc1. The number of esters is 1. The number of H-pyrrole nitrogens is 1. The molecule has 3 N–H and O–H groups in total. The molecule has 0 spiro atoms. The van der Waals surface area contributed by atoms with Crippen LogP contribution in [0.15, 0.2) is 91.1 Å². The lowest BCUT2D eigenvalue weighted by Crippen LogP contribution is -2.54. The van der Waals surface area contributed by atoms with E-state index in [1.54, 1.807) is 0 Å². The number of fused-ring (bicyclic) bond motifs is 1. The molecule has 0 fully saturated rings. The number of alkyl carbamates (subject to hydrolysis) is 1. The summed E-state index contributed by atoms with van der Waals surface area (Å²) >= 11 is 0. The summed E-state index contributed by atoms with van der Waals surface area (Å²) in [5.41, 5.74) is 3.44. The topological polar surface area (TPSA) is 110 Å². The van der Waals surface area contributed by atoms with Gasteiger partial charge in [0.15, 0.2) is 0 Å². The second-order valence-corrected chi connectivity index (χ2v) is 9.65. The summed E-state index contributed by atoms with van der Waals surface area (Å²) in [6.45, 7) is 3.81. The number of hydrogen-bond donors (Lipinski definition) is 3. The van der Waals surface area contributed by atoms with Crippen LogP contribution in [0.3, 0.4) is 0 Å². The van der Waals surface area contributed by atoms with Crippen LogP contribution in [0, 0.1) is 5.92 Å². The van der Waals surface area contributed by atoms with E-state index < -0.39 is 30.1 Å². The molecule has 0 bridgehead atoms. The lowest BCUT2D eigenvalue weighted by Gasteiger charge is -2.24. The van der Waals surface area contributed by atoms with Crippen LogP contribution < -0.4 is 10.6 Å². The second kappa shape index (κ2) is 13.3. The third kappa shape index (κ3) is 7.70. The number of ether oxygens (including phenoxy) is 2. The molecule has 1 aromatic heterocycles. The molecule has 2 amide bonds. The molecule has 0 aliphatic rings. The summed E-state index contributed by atoms with van der Waals surface area (Å²) in [5, 5.41) is 6.43. The predicted octanol–water partition coefficient (Wildman–Crippen LogP) is 4.89. The highest BCUT2D eigenvalue weighted by Crippen LogP contribution is 2.19. The van der Waals surface area contributed by atoms with Gasteiger partial charge in [0, 0.05) is 23.5 Å². The molecular weight excluding hydrogens is 494 g/mol. The molecule has 0 radical (unpaired) electrons. The third-order valence-electron chi connectivity index (χ3n) is 6.36. The number of hydrogen-bond acceptors (Lipinski definition) is 5. The van der Waals surface area contributed by atoms with Gasteiger partial charge in [0.1, 0.15) is 25.3 Å². The van der Waals surface area contributed by atoms with Gasteiger partial charge in [-0.05, 0) is 28.7 Å². The van der Waals surface area contributed by atoms with Crippen LogP contribution in [0.1, 0.15) is 30.5 Å². The van der Waals surface area contributed by atoms with Crippen LogP contribution in [0.25, 0.3) is 10.9 Å². The molecule has 0 unspecified atom stereocenters. The zero-order chi connectivity index (χ0) is 27.6. The summed E-state index contributed by atoms with van der Waals surface area (Å²) in [7, 11) is 0. The molecule has 8 heteroatoms. The molecule has 3 aromatic carbocycles. The molecule has 202 valence electrons. The van der Waals surface area contributed by atoms with E-state index in [9.17, 15) is 14.4 Å². The molecule has 4 aromatic rings. The van der Waals surface area contributed by atoms with E-state index in [0.29, 0.717) is 0 Å². The number of rotatable bonds is 11. The van der Waals surface area contributed by atoms with Crippen LogP contribution in [0.2, 0.25) is 0 Å². The largest absolute Gasteiger partial charge is 0.459 e. The minimum atomic E-state index is -0.990. The minimum Gasteiger partial charge on any atom is -0.459 e. The van der Waals surface area contributed by atoms with E-state index in [2.05, 4.69) is 15.6 Å². The van der Waals surface area contributed by atoms with Crippen molar-refractivity contribution in [2.75, 3.05) is 0 Å². The molecule has 4 rings (SSSR count). The van der Waals surface area contributed by atoms with Crippen LogP contribution in [-0.2, 0) is 38.7 Å². The van der Waals surface area contributed by atoms with Crippen molar-refractivity contribution < 1.29 is 23.9 Å². The second-order valence-electron chi connectivity index (χ2n) is 9.65. The Morgan fingerprint density at radius 2 is 1.36 bits per heavy atom. The van der Waals surface area contributed by atoms with Crippen molar-refractivity contribution in [2.45, 2.75) is 45.6 Å². The molecule has 0 aliphatic heterocycles. The monoisotopic (exact) mass is 527 g/mol. The fourth-order valence-electron chi connectivity index (χ4n) is 4.21. The van der Waals surface area contributed by atoms with Crippen LogP contribution in [0.5, 0.6) is 0 Å². The Balaban J connectivity index is 1.47. The third-order valence-corrected chi connectivity index (χ3v) is 6.36. The van der Waals surface area contributed by atoms with E-state index in [-0.39, 0.29) is 25.6 Å². The molecule has 1 heterocycles. The fraction of sp³-hybridized carbons (Fsp3) is 0.258. The van der Waals surface area contributed by atoms with E-state index in [1.807, 2.05) is 105 Å². The van der Waals surface area contributed by atoms with E-state index in [1.165, 1.54) is 0 Å². The molecule has 39 heavy (non-hydrogen) atoms. The quantitative estimate of drug-likeness (QED) is 0.241. The molecule has 0 saturated carbocycles. The standard InChI is InChI=1S/C31H33N3O5/c1-21(2)28(30(36)38-19-22-11-5-3-6-12-22)34-29(35)27(17-24-18-32-26-16-10-9-15-25(24)26)33-31(37)39-20-23-13-7-4-8-14-23/h3-16,18,21,27-28,32H,17,19-20H2,1-2H3,(H,33,37)(H,34,35)/t27-,28+/m1/s1. The van der Waals surface area contributed by atoms with Gasteiger partial charge in [-0.2, -0.15) is 0 Å². The first-order valence-electron chi connectivity index (χ1n) is 12.9. The Morgan fingerprint density at radius 3 is 2.00 bits per heavy atom. The van der Waals surface area contributed by atoms with Gasteiger partial charge in [0.05, 0.1) is 0 Å². The van der Waals surface area contributed by atoms with Gasteiger partial charge in [0.25, 0.3) is 0 Å². The first kappa shape index (κ1) is 27.4. The fourth-order valence-corrected chi connectivity index (χ4v) is 4.21. The summed E-state index contributed by atoms with van der Waals surface area (Å²) in [4.78, 5) is 42.4. The zero-order valence-corrected chi connectivity index (χ0v) is 22.1. The Kier molecular flexibility index (Phi) is 9.34. The number of carbonyl (C=O) groups is 3. The van der Waals surface area contributed by atoms with Gasteiger partial charge < -0.3 is 25.1 Å². The van der Waals surface area contributed by atoms with Crippen molar-refractivity contribution in [2.24, 2.45) is 5.92 Å². The number of nitrogens with one attached hydrogen (secondary N) is 3. The number of aromatic amines is 1. The van der Waals surface area contributed by atoms with Gasteiger partial charge in [0.2, 0.25) is 5.91 Å². The summed E-state index contributed by atoms with van der Waals surface area (Å²) in [6.07, 6.45) is 1.28. The first-order valence-corrected chi connectivity index (χ1v) is 12.9. The smallest absolute Gasteiger partial charge is 0.408 e. The number of benzene rings is 3. The van der Waals surface area contributed by atoms with E-state index in [4.69, 9.17) is 9.47 Å². The maximum absolute atomic E-state index is 13.5. The molecular formula is C31H33N3O5. The van der Waals surface area contributed by atoms with E-state index in [0.717, 1.165) is 27.6 Å². The average Bonchev–Trinajstić information content (AvgIpc) is 3.36. The minimum absolute atomic E-state index is 0.0640. The van der Waals surface area contributed by atoms with Crippen LogP contribution in [-0.4, -0.2) is 35.0 Å². The number of aromatic nitrogens is 1. The van der Waals surface area contributed by atoms with Crippen molar-refractivity contribution in [3.63, 3.8) is 0 Å². The van der Waals surface area contributed by atoms with Crippen LogP contribution in [0.4, 0.5) is 4.79 Å². The first-order chi connectivity index (χ1) is 18.9. The van der Waals surface area contributed by atoms with Gasteiger partial charge >= 0.3 is 12.1 Å². The Morgan fingerprint density at radius 1 is 0.769 bits per heavy atom. The summed E-state index contributed by atoms with van der Waals surface area (Å²) in [5.74, 6) is -1.29. The number of amides is 2. The van der Waals surface area contributed by atoms with E-state index >= 15 is 0 Å². The highest BCUT2D eigenvalue weighted by atomic mass is 16.5. The highest BCUT2D eigenvalue weighted by molar-refractivity contribution is 5.91. The van der Waals surface area contributed by atoms with Crippen molar-refractivity contribution in [3.05, 3.63) is 108 Å². The Bertz CT molecular complexity index is 1390. The summed E-state index contributed by atoms with van der Waals surface area (Å²) in [6, 6.07) is 24.4. The lowest BCUT2D eigenvalue weighted by molar-refractivity contribution is -0.150.